The molecule has 0 aliphatic heterocycles. The van der Waals surface area contributed by atoms with Gasteiger partial charge in [-0.25, -0.2) is 4.98 Å². The molecule has 0 spiro atoms. The SMILES string of the molecule is Cc1ccc(C(N)(c2ccc3c(c2)c(-c2cccc(O)c2)cc2nnnn23)c2cncn2C)cc1. The number of aryl methyl sites for hydroxylation is 2. The van der Waals surface area contributed by atoms with Crippen LogP contribution >= 0.6 is 0 Å². The molecular formula is C27H23N7O. The van der Waals surface area contributed by atoms with E-state index in [1.54, 1.807) is 23.0 Å². The molecule has 0 aliphatic rings. The second-order valence-corrected chi connectivity index (χ2v) is 8.85. The Bertz CT molecular complexity index is 1700. The number of fused-ring (bicyclic) bond motifs is 3. The van der Waals surface area contributed by atoms with Gasteiger partial charge in [0.1, 0.15) is 11.3 Å². The number of hydrogen-bond acceptors (Lipinski definition) is 6. The predicted octanol–water partition coefficient (Wildman–Crippen LogP) is 3.94. The minimum Gasteiger partial charge on any atom is -0.508 e. The van der Waals surface area contributed by atoms with Crippen molar-refractivity contribution < 1.29 is 5.11 Å². The molecule has 0 aliphatic carbocycles. The zero-order valence-electron chi connectivity index (χ0n) is 19.3. The maximum Gasteiger partial charge on any atom is 0.180 e. The average molecular weight is 462 g/mol. The second-order valence-electron chi connectivity index (χ2n) is 8.85. The molecule has 3 aromatic carbocycles. The van der Waals surface area contributed by atoms with Gasteiger partial charge in [0, 0.05) is 12.4 Å². The van der Waals surface area contributed by atoms with Crippen LogP contribution in [0.15, 0.2) is 85.3 Å². The van der Waals surface area contributed by atoms with Gasteiger partial charge in [0.15, 0.2) is 5.65 Å². The van der Waals surface area contributed by atoms with Gasteiger partial charge in [-0.2, -0.15) is 4.52 Å². The highest BCUT2D eigenvalue weighted by Crippen LogP contribution is 2.38. The number of pyridine rings is 1. The number of rotatable bonds is 4. The van der Waals surface area contributed by atoms with Crippen LogP contribution in [-0.2, 0) is 12.6 Å². The van der Waals surface area contributed by atoms with E-state index in [1.807, 2.05) is 48.1 Å². The molecule has 35 heavy (non-hydrogen) atoms. The fraction of sp³-hybridized carbons (Fsp3) is 0.111. The summed E-state index contributed by atoms with van der Waals surface area (Å²) >= 11 is 0. The summed E-state index contributed by atoms with van der Waals surface area (Å²) in [6.45, 7) is 2.06. The number of imidazole rings is 1. The fourth-order valence-electron chi connectivity index (χ4n) is 4.77. The molecule has 3 N–H and O–H groups in total. The van der Waals surface area contributed by atoms with E-state index >= 15 is 0 Å². The number of nitrogens with two attached hydrogens (primary N) is 1. The zero-order valence-corrected chi connectivity index (χ0v) is 19.3. The fourth-order valence-corrected chi connectivity index (χ4v) is 4.77. The van der Waals surface area contributed by atoms with E-state index in [0.717, 1.165) is 44.4 Å². The van der Waals surface area contributed by atoms with E-state index in [-0.39, 0.29) is 5.75 Å². The highest BCUT2D eigenvalue weighted by molar-refractivity contribution is 5.97. The first kappa shape index (κ1) is 21.0. The molecule has 3 heterocycles. The smallest absolute Gasteiger partial charge is 0.180 e. The Morgan fingerprint density at radius 3 is 2.49 bits per heavy atom. The third-order valence-electron chi connectivity index (χ3n) is 6.62. The van der Waals surface area contributed by atoms with E-state index in [4.69, 9.17) is 5.73 Å². The lowest BCUT2D eigenvalue weighted by Crippen LogP contribution is -2.41. The molecule has 1 atom stereocenters. The quantitative estimate of drug-likeness (QED) is 0.412. The third-order valence-corrected chi connectivity index (χ3v) is 6.62. The lowest BCUT2D eigenvalue weighted by molar-refractivity contribution is 0.475. The maximum absolute atomic E-state index is 10.2. The Kier molecular flexibility index (Phi) is 4.65. The van der Waals surface area contributed by atoms with E-state index < -0.39 is 5.54 Å². The Morgan fingerprint density at radius 2 is 1.74 bits per heavy atom. The molecule has 3 aromatic heterocycles. The van der Waals surface area contributed by atoms with Gasteiger partial charge in [-0.1, -0.05) is 48.0 Å². The third kappa shape index (κ3) is 3.26. The summed E-state index contributed by atoms with van der Waals surface area (Å²) in [5, 5.41) is 23.3. The Hall–Kier alpha value is -4.56. The van der Waals surface area contributed by atoms with Crippen molar-refractivity contribution in [2.45, 2.75) is 12.5 Å². The van der Waals surface area contributed by atoms with Crippen LogP contribution in [0.1, 0.15) is 22.4 Å². The Labute approximate surface area is 201 Å². The molecule has 0 fully saturated rings. The van der Waals surface area contributed by atoms with Crippen molar-refractivity contribution in [3.8, 4) is 16.9 Å². The number of nitrogens with zero attached hydrogens (tertiary/aromatic N) is 6. The molecule has 8 heteroatoms. The summed E-state index contributed by atoms with van der Waals surface area (Å²) in [6, 6.07) is 23.4. The van der Waals surface area contributed by atoms with Crippen molar-refractivity contribution in [3.63, 3.8) is 0 Å². The molecular weight excluding hydrogens is 438 g/mol. The molecule has 6 rings (SSSR count). The second kappa shape index (κ2) is 7.75. The Balaban J connectivity index is 1.68. The summed E-state index contributed by atoms with van der Waals surface area (Å²) in [7, 11) is 1.95. The normalized spacial score (nSPS) is 13.3. The summed E-state index contributed by atoms with van der Waals surface area (Å²) < 4.78 is 3.66. The number of phenolic OH excluding ortho intramolecular Hbond substituents is 1. The van der Waals surface area contributed by atoms with E-state index in [1.165, 1.54) is 0 Å². The largest absolute Gasteiger partial charge is 0.508 e. The highest BCUT2D eigenvalue weighted by atomic mass is 16.3. The van der Waals surface area contributed by atoms with Gasteiger partial charge in [-0.3, -0.25) is 0 Å². The van der Waals surface area contributed by atoms with Crippen LogP contribution in [0.4, 0.5) is 0 Å². The molecule has 0 radical (unpaired) electrons. The number of aromatic hydroxyl groups is 1. The van der Waals surface area contributed by atoms with Crippen molar-refractivity contribution in [1.29, 1.82) is 0 Å². The van der Waals surface area contributed by atoms with Crippen LogP contribution in [-0.4, -0.2) is 34.7 Å². The Morgan fingerprint density at radius 1 is 0.943 bits per heavy atom. The van der Waals surface area contributed by atoms with Crippen molar-refractivity contribution in [2.75, 3.05) is 0 Å². The number of hydrogen-bond donors (Lipinski definition) is 2. The molecule has 0 amide bonds. The lowest BCUT2D eigenvalue weighted by Gasteiger charge is -2.31. The van der Waals surface area contributed by atoms with Crippen molar-refractivity contribution in [1.82, 2.24) is 29.6 Å². The van der Waals surface area contributed by atoms with Crippen LogP contribution in [0.2, 0.25) is 0 Å². The van der Waals surface area contributed by atoms with Gasteiger partial charge in [0.05, 0.1) is 23.7 Å². The van der Waals surface area contributed by atoms with Crippen LogP contribution in [0.3, 0.4) is 0 Å². The molecule has 0 saturated heterocycles. The van der Waals surface area contributed by atoms with Crippen LogP contribution < -0.4 is 5.73 Å². The molecule has 172 valence electrons. The zero-order chi connectivity index (χ0) is 24.2. The van der Waals surface area contributed by atoms with Crippen LogP contribution in [0, 0.1) is 6.92 Å². The summed E-state index contributed by atoms with van der Waals surface area (Å²) in [6.07, 6.45) is 3.57. The molecule has 0 bridgehead atoms. The molecule has 6 aromatic rings. The molecule has 0 saturated carbocycles. The van der Waals surface area contributed by atoms with Gasteiger partial charge < -0.3 is 15.4 Å². The topological polar surface area (TPSA) is 107 Å². The van der Waals surface area contributed by atoms with Gasteiger partial charge in [0.2, 0.25) is 0 Å². The van der Waals surface area contributed by atoms with E-state index in [9.17, 15) is 5.11 Å². The average Bonchev–Trinajstić information content (AvgIpc) is 3.52. The first-order chi connectivity index (χ1) is 16.9. The number of phenols is 1. The minimum atomic E-state index is -0.960. The predicted molar refractivity (Wildman–Crippen MR) is 134 cm³/mol. The standard InChI is InChI=1S/C27H23N7O/c1-17-6-8-19(9-7-17)27(28,25-15-29-16-33(25)2)20-10-11-24-23(13-20)22(14-26-30-31-32-34(24)26)18-4-3-5-21(35)12-18/h3-16,35H,28H2,1-2H3. The lowest BCUT2D eigenvalue weighted by atomic mass is 9.80. The van der Waals surface area contributed by atoms with Gasteiger partial charge in [0.25, 0.3) is 0 Å². The van der Waals surface area contributed by atoms with E-state index in [0.29, 0.717) is 5.65 Å². The van der Waals surface area contributed by atoms with Gasteiger partial charge in [-0.15, -0.1) is 5.10 Å². The number of benzene rings is 3. The van der Waals surface area contributed by atoms with Gasteiger partial charge in [-0.05, 0) is 69.9 Å². The van der Waals surface area contributed by atoms with Crippen LogP contribution in [0.5, 0.6) is 5.75 Å². The first-order valence-electron chi connectivity index (χ1n) is 11.2. The van der Waals surface area contributed by atoms with Gasteiger partial charge >= 0.3 is 0 Å². The number of tetrazole rings is 1. The van der Waals surface area contributed by atoms with Crippen LogP contribution in [0.25, 0.3) is 27.7 Å². The molecule has 1 unspecified atom stereocenters. The van der Waals surface area contributed by atoms with Crippen molar-refractivity contribution in [3.05, 3.63) is 108 Å². The summed E-state index contributed by atoms with van der Waals surface area (Å²) in [5.41, 5.74) is 13.4. The highest BCUT2D eigenvalue weighted by Gasteiger charge is 2.35. The minimum absolute atomic E-state index is 0.189. The summed E-state index contributed by atoms with van der Waals surface area (Å²) in [4.78, 5) is 4.35. The van der Waals surface area contributed by atoms with Crippen molar-refractivity contribution >= 4 is 16.6 Å². The first-order valence-corrected chi connectivity index (χ1v) is 11.2. The maximum atomic E-state index is 10.2. The monoisotopic (exact) mass is 461 g/mol. The van der Waals surface area contributed by atoms with Crippen molar-refractivity contribution in [2.24, 2.45) is 12.8 Å². The number of aromatic nitrogens is 6. The summed E-state index contributed by atoms with van der Waals surface area (Å²) in [5.74, 6) is 0.189. The van der Waals surface area contributed by atoms with E-state index in [2.05, 4.69) is 57.8 Å². The molecule has 8 nitrogen and oxygen atoms in total.